The Morgan fingerprint density at radius 2 is 1.79 bits per heavy atom. The minimum atomic E-state index is 0.346. The minimum Gasteiger partial charge on any atom is -0.393 e. The summed E-state index contributed by atoms with van der Waals surface area (Å²) >= 11 is 4.97. The predicted octanol–water partition coefficient (Wildman–Crippen LogP) is 0.546. The summed E-state index contributed by atoms with van der Waals surface area (Å²) in [5.41, 5.74) is 5.60. The lowest BCUT2D eigenvalue weighted by molar-refractivity contribution is 0.132. The molecule has 0 radical (unpaired) electrons. The van der Waals surface area contributed by atoms with E-state index in [0.717, 1.165) is 19.6 Å². The summed E-state index contributed by atoms with van der Waals surface area (Å²) in [7, 11) is 0. The van der Waals surface area contributed by atoms with Crippen LogP contribution < -0.4 is 5.73 Å². The number of piperazine rings is 1. The van der Waals surface area contributed by atoms with Crippen LogP contribution in [0.2, 0.25) is 0 Å². The van der Waals surface area contributed by atoms with Crippen LogP contribution in [0.4, 0.5) is 0 Å². The van der Waals surface area contributed by atoms with Crippen molar-refractivity contribution in [1.29, 1.82) is 0 Å². The third-order valence-corrected chi connectivity index (χ3v) is 3.33. The van der Waals surface area contributed by atoms with E-state index < -0.39 is 0 Å². The molecule has 4 heteroatoms. The van der Waals surface area contributed by atoms with Crippen molar-refractivity contribution in [1.82, 2.24) is 9.80 Å². The molecule has 1 unspecified atom stereocenters. The zero-order valence-corrected chi connectivity index (χ0v) is 10.0. The van der Waals surface area contributed by atoms with Crippen LogP contribution in [0.3, 0.4) is 0 Å². The smallest absolute Gasteiger partial charge is 0.0768 e. The Kier molecular flexibility index (Phi) is 4.78. The van der Waals surface area contributed by atoms with Crippen molar-refractivity contribution in [3.63, 3.8) is 0 Å². The lowest BCUT2D eigenvalue weighted by Crippen LogP contribution is -2.48. The second kappa shape index (κ2) is 5.63. The summed E-state index contributed by atoms with van der Waals surface area (Å²) in [6.07, 6.45) is 0. The van der Waals surface area contributed by atoms with Crippen LogP contribution in [0.1, 0.15) is 13.8 Å². The second-order valence-corrected chi connectivity index (χ2v) is 4.51. The summed E-state index contributed by atoms with van der Waals surface area (Å²) in [4.78, 5) is 5.57. The average molecular weight is 215 g/mol. The van der Waals surface area contributed by atoms with Gasteiger partial charge in [-0.25, -0.2) is 0 Å². The lowest BCUT2D eigenvalue weighted by Gasteiger charge is -2.35. The van der Waals surface area contributed by atoms with E-state index in [1.54, 1.807) is 0 Å². The zero-order chi connectivity index (χ0) is 10.6. The maximum Gasteiger partial charge on any atom is 0.0768 e. The molecule has 0 bridgehead atoms. The highest BCUT2D eigenvalue weighted by Gasteiger charge is 2.17. The fraction of sp³-hybridized carbons (Fsp3) is 0.900. The van der Waals surface area contributed by atoms with E-state index in [1.807, 2.05) is 0 Å². The third-order valence-electron chi connectivity index (χ3n) is 2.93. The molecule has 1 fully saturated rings. The largest absolute Gasteiger partial charge is 0.393 e. The van der Waals surface area contributed by atoms with Gasteiger partial charge >= 0.3 is 0 Å². The topological polar surface area (TPSA) is 32.5 Å². The van der Waals surface area contributed by atoms with Gasteiger partial charge in [-0.3, -0.25) is 0 Å². The maximum atomic E-state index is 5.60. The van der Waals surface area contributed by atoms with Gasteiger partial charge in [-0.2, -0.15) is 0 Å². The van der Waals surface area contributed by atoms with Crippen LogP contribution in [0, 0.1) is 5.92 Å². The van der Waals surface area contributed by atoms with Crippen LogP contribution >= 0.6 is 12.2 Å². The Morgan fingerprint density at radius 3 is 2.21 bits per heavy atom. The lowest BCUT2D eigenvalue weighted by atomic mass is 10.1. The summed E-state index contributed by atoms with van der Waals surface area (Å²) in [6, 6.07) is 0. The maximum absolute atomic E-state index is 5.60. The number of likely N-dealkylation sites (N-methyl/N-ethyl adjacent to an activating group) is 1. The molecule has 0 spiro atoms. The highest BCUT2D eigenvalue weighted by molar-refractivity contribution is 7.80. The average Bonchev–Trinajstić information content (AvgIpc) is 2.19. The Hall–Kier alpha value is -0.190. The van der Waals surface area contributed by atoms with Gasteiger partial charge in [-0.05, 0) is 6.54 Å². The fourth-order valence-corrected chi connectivity index (χ4v) is 1.84. The van der Waals surface area contributed by atoms with E-state index in [0.29, 0.717) is 10.9 Å². The molecule has 1 saturated heterocycles. The minimum absolute atomic E-state index is 0.346. The quantitative estimate of drug-likeness (QED) is 0.694. The summed E-state index contributed by atoms with van der Waals surface area (Å²) in [6.45, 7) is 11.2. The van der Waals surface area contributed by atoms with Gasteiger partial charge in [-0.1, -0.05) is 26.1 Å². The first-order valence-corrected chi connectivity index (χ1v) is 5.78. The monoisotopic (exact) mass is 215 g/mol. The van der Waals surface area contributed by atoms with Crippen molar-refractivity contribution in [3.8, 4) is 0 Å². The summed E-state index contributed by atoms with van der Waals surface area (Å²) < 4.78 is 0. The van der Waals surface area contributed by atoms with Crippen molar-refractivity contribution >= 4 is 17.2 Å². The zero-order valence-electron chi connectivity index (χ0n) is 9.20. The number of rotatable bonds is 4. The molecule has 0 amide bonds. The van der Waals surface area contributed by atoms with Crippen molar-refractivity contribution < 1.29 is 0 Å². The first kappa shape index (κ1) is 11.9. The highest BCUT2D eigenvalue weighted by Crippen LogP contribution is 2.05. The van der Waals surface area contributed by atoms with E-state index in [9.17, 15) is 0 Å². The molecular weight excluding hydrogens is 194 g/mol. The summed E-state index contributed by atoms with van der Waals surface area (Å²) in [5.74, 6) is 0.346. The van der Waals surface area contributed by atoms with Crippen LogP contribution in [0.15, 0.2) is 0 Å². The number of nitrogens with zero attached hydrogens (tertiary/aromatic N) is 2. The van der Waals surface area contributed by atoms with Crippen LogP contribution in [-0.2, 0) is 0 Å². The van der Waals surface area contributed by atoms with Gasteiger partial charge < -0.3 is 15.5 Å². The molecule has 0 aliphatic carbocycles. The molecule has 0 aromatic rings. The number of thiocarbonyl (C=S) groups is 1. The van der Waals surface area contributed by atoms with E-state index >= 15 is 0 Å². The molecule has 0 saturated carbocycles. The molecule has 14 heavy (non-hydrogen) atoms. The Morgan fingerprint density at radius 1 is 1.29 bits per heavy atom. The summed E-state index contributed by atoms with van der Waals surface area (Å²) in [5, 5.41) is 0. The molecule has 0 aromatic carbocycles. The molecule has 1 rings (SSSR count). The van der Waals surface area contributed by atoms with Crippen molar-refractivity contribution in [2.75, 3.05) is 39.3 Å². The SMILES string of the molecule is CCN1CCN(CC(C)C(N)=S)CC1. The molecule has 3 nitrogen and oxygen atoms in total. The Bertz CT molecular complexity index is 188. The molecule has 1 atom stereocenters. The molecule has 0 aromatic heterocycles. The van der Waals surface area contributed by atoms with Crippen molar-refractivity contribution in [3.05, 3.63) is 0 Å². The normalized spacial score (nSPS) is 22.1. The molecule has 1 aliphatic heterocycles. The highest BCUT2D eigenvalue weighted by atomic mass is 32.1. The molecular formula is C10H21N3S. The van der Waals surface area contributed by atoms with Gasteiger partial charge in [0.05, 0.1) is 4.99 Å². The second-order valence-electron chi connectivity index (χ2n) is 4.04. The predicted molar refractivity (Wildman–Crippen MR) is 64.5 cm³/mol. The standard InChI is InChI=1S/C10H21N3S/c1-3-12-4-6-13(7-5-12)8-9(2)10(11)14/h9H,3-8H2,1-2H3,(H2,11,14). The van der Waals surface area contributed by atoms with E-state index in [4.69, 9.17) is 18.0 Å². The van der Waals surface area contributed by atoms with Gasteiger partial charge in [0.1, 0.15) is 0 Å². The van der Waals surface area contributed by atoms with E-state index in [-0.39, 0.29) is 0 Å². The number of hydrogen-bond acceptors (Lipinski definition) is 3. The Labute approximate surface area is 92.2 Å². The van der Waals surface area contributed by atoms with Crippen LogP contribution in [0.5, 0.6) is 0 Å². The van der Waals surface area contributed by atoms with Crippen LogP contribution in [-0.4, -0.2) is 54.1 Å². The molecule has 1 aliphatic rings. The first-order valence-electron chi connectivity index (χ1n) is 5.37. The Balaban J connectivity index is 2.25. The molecule has 2 N–H and O–H groups in total. The van der Waals surface area contributed by atoms with Crippen molar-refractivity contribution in [2.24, 2.45) is 11.7 Å². The van der Waals surface area contributed by atoms with E-state index in [2.05, 4.69) is 23.6 Å². The third kappa shape index (κ3) is 3.52. The van der Waals surface area contributed by atoms with Crippen molar-refractivity contribution in [2.45, 2.75) is 13.8 Å². The first-order chi connectivity index (χ1) is 6.63. The van der Waals surface area contributed by atoms with Gasteiger partial charge in [0.15, 0.2) is 0 Å². The number of hydrogen-bond donors (Lipinski definition) is 1. The van der Waals surface area contributed by atoms with Gasteiger partial charge in [-0.15, -0.1) is 0 Å². The number of nitrogens with two attached hydrogens (primary N) is 1. The van der Waals surface area contributed by atoms with E-state index in [1.165, 1.54) is 19.6 Å². The van der Waals surface area contributed by atoms with Gasteiger partial charge in [0.25, 0.3) is 0 Å². The van der Waals surface area contributed by atoms with Gasteiger partial charge in [0.2, 0.25) is 0 Å². The van der Waals surface area contributed by atoms with Crippen LogP contribution in [0.25, 0.3) is 0 Å². The molecule has 82 valence electrons. The molecule has 1 heterocycles. The fourth-order valence-electron chi connectivity index (χ4n) is 1.77. The van der Waals surface area contributed by atoms with Gasteiger partial charge in [0, 0.05) is 38.6 Å².